The molecule has 0 unspecified atom stereocenters. The fourth-order valence-electron chi connectivity index (χ4n) is 1.93. The number of nitrogens with zero attached hydrogens (tertiary/aromatic N) is 2. The zero-order valence-electron chi connectivity index (χ0n) is 9.86. The molecule has 90 valence electrons. The number of nitrogen functional groups attached to an aromatic ring is 1. The number of rotatable bonds is 4. The van der Waals surface area contributed by atoms with Crippen molar-refractivity contribution in [3.8, 4) is 6.07 Å². The summed E-state index contributed by atoms with van der Waals surface area (Å²) in [5, 5.41) is 12.2. The van der Waals surface area contributed by atoms with Gasteiger partial charge in [-0.1, -0.05) is 6.42 Å². The van der Waals surface area contributed by atoms with Gasteiger partial charge in [0.05, 0.1) is 5.69 Å². The molecule has 0 amide bonds. The molecule has 1 aromatic heterocycles. The van der Waals surface area contributed by atoms with E-state index in [9.17, 15) is 0 Å². The molecule has 1 saturated carbocycles. The Bertz CT molecular complexity index is 443. The van der Waals surface area contributed by atoms with E-state index in [0.717, 1.165) is 12.4 Å². The van der Waals surface area contributed by atoms with Gasteiger partial charge in [0.1, 0.15) is 11.9 Å². The fraction of sp³-hybridized carbons (Fsp3) is 0.500. The summed E-state index contributed by atoms with van der Waals surface area (Å²) in [6.45, 7) is 0.899. The second-order valence-corrected chi connectivity index (χ2v) is 5.61. The van der Waals surface area contributed by atoms with Crippen LogP contribution in [0.1, 0.15) is 25.0 Å². The van der Waals surface area contributed by atoms with Gasteiger partial charge in [0.25, 0.3) is 0 Å². The van der Waals surface area contributed by atoms with Crippen LogP contribution in [0, 0.1) is 11.3 Å². The number of pyridine rings is 1. The van der Waals surface area contributed by atoms with Gasteiger partial charge in [0, 0.05) is 11.3 Å². The van der Waals surface area contributed by atoms with Gasteiger partial charge in [-0.15, -0.1) is 0 Å². The summed E-state index contributed by atoms with van der Waals surface area (Å²) in [6, 6.07) is 5.54. The molecule has 4 nitrogen and oxygen atoms in total. The Morgan fingerprint density at radius 3 is 2.88 bits per heavy atom. The zero-order valence-corrected chi connectivity index (χ0v) is 10.7. The van der Waals surface area contributed by atoms with Gasteiger partial charge < -0.3 is 11.1 Å². The Morgan fingerprint density at radius 1 is 1.59 bits per heavy atom. The molecule has 1 aliphatic carbocycles. The Morgan fingerprint density at radius 2 is 2.35 bits per heavy atom. The molecule has 17 heavy (non-hydrogen) atoms. The molecule has 0 saturated heterocycles. The highest BCUT2D eigenvalue weighted by Crippen LogP contribution is 2.42. The minimum absolute atomic E-state index is 0.293. The Kier molecular flexibility index (Phi) is 3.43. The molecular weight excluding hydrogens is 232 g/mol. The van der Waals surface area contributed by atoms with Crippen molar-refractivity contribution in [1.82, 2.24) is 4.98 Å². The monoisotopic (exact) mass is 248 g/mol. The Hall–Kier alpha value is -1.41. The highest BCUT2D eigenvalue weighted by atomic mass is 32.2. The van der Waals surface area contributed by atoms with Crippen molar-refractivity contribution in [3.05, 3.63) is 17.8 Å². The first-order valence-corrected chi connectivity index (χ1v) is 6.87. The van der Waals surface area contributed by atoms with Crippen molar-refractivity contribution in [3.63, 3.8) is 0 Å². The first-order valence-electron chi connectivity index (χ1n) is 5.65. The number of thioether (sulfide) groups is 1. The lowest BCUT2D eigenvalue weighted by Crippen LogP contribution is -2.40. The first kappa shape index (κ1) is 12.1. The van der Waals surface area contributed by atoms with Crippen LogP contribution in [0.2, 0.25) is 0 Å². The van der Waals surface area contributed by atoms with E-state index in [-0.39, 0.29) is 0 Å². The zero-order chi connectivity index (χ0) is 12.3. The van der Waals surface area contributed by atoms with E-state index in [1.165, 1.54) is 19.3 Å². The van der Waals surface area contributed by atoms with Gasteiger partial charge in [-0.25, -0.2) is 4.98 Å². The molecule has 0 spiro atoms. The minimum Gasteiger partial charge on any atom is -0.396 e. The SMILES string of the molecule is CSC1(CNc2ccc(N)c(C#N)n2)CCC1. The van der Waals surface area contributed by atoms with E-state index in [4.69, 9.17) is 11.0 Å². The molecule has 1 heterocycles. The van der Waals surface area contributed by atoms with Crippen molar-refractivity contribution < 1.29 is 0 Å². The number of nitrogens with one attached hydrogen (secondary N) is 1. The van der Waals surface area contributed by atoms with Crippen LogP contribution >= 0.6 is 11.8 Å². The number of aromatic nitrogens is 1. The average molecular weight is 248 g/mol. The van der Waals surface area contributed by atoms with Crippen molar-refractivity contribution in [2.45, 2.75) is 24.0 Å². The predicted molar refractivity (Wildman–Crippen MR) is 72.0 cm³/mol. The van der Waals surface area contributed by atoms with E-state index in [1.54, 1.807) is 6.07 Å². The summed E-state index contributed by atoms with van der Waals surface area (Å²) in [7, 11) is 0. The lowest BCUT2D eigenvalue weighted by molar-refractivity contribution is 0.379. The van der Waals surface area contributed by atoms with Crippen molar-refractivity contribution >= 4 is 23.3 Å². The number of hydrogen-bond donors (Lipinski definition) is 2. The summed E-state index contributed by atoms with van der Waals surface area (Å²) in [5.74, 6) is 0.732. The largest absolute Gasteiger partial charge is 0.396 e. The second kappa shape index (κ2) is 4.84. The number of hydrogen-bond acceptors (Lipinski definition) is 5. The highest BCUT2D eigenvalue weighted by molar-refractivity contribution is 8.00. The molecule has 3 N–H and O–H groups in total. The van der Waals surface area contributed by atoms with Crippen molar-refractivity contribution in [2.75, 3.05) is 23.9 Å². The molecule has 0 bridgehead atoms. The fourth-order valence-corrected chi connectivity index (χ4v) is 2.85. The van der Waals surface area contributed by atoms with E-state index < -0.39 is 0 Å². The summed E-state index contributed by atoms with van der Waals surface area (Å²) in [4.78, 5) is 4.18. The molecular formula is C12H16N4S. The Balaban J connectivity index is 2.02. The van der Waals surface area contributed by atoms with Crippen molar-refractivity contribution in [2.24, 2.45) is 0 Å². The molecule has 0 atom stereocenters. The van der Waals surface area contributed by atoms with Crippen LogP contribution in [0.15, 0.2) is 12.1 Å². The van der Waals surface area contributed by atoms with Crippen LogP contribution in [-0.2, 0) is 0 Å². The predicted octanol–water partition coefficient (Wildman–Crippen LogP) is 2.23. The lowest BCUT2D eigenvalue weighted by atomic mass is 9.84. The molecule has 1 fully saturated rings. The quantitative estimate of drug-likeness (QED) is 0.854. The average Bonchev–Trinajstić information content (AvgIpc) is 2.30. The van der Waals surface area contributed by atoms with Crippen LogP contribution < -0.4 is 11.1 Å². The first-order chi connectivity index (χ1) is 8.19. The molecule has 0 radical (unpaired) electrons. The summed E-state index contributed by atoms with van der Waals surface area (Å²) in [5.41, 5.74) is 6.35. The Labute approximate surface area is 106 Å². The molecule has 1 aromatic rings. The summed E-state index contributed by atoms with van der Waals surface area (Å²) < 4.78 is 0.357. The van der Waals surface area contributed by atoms with Crippen LogP contribution in [0.5, 0.6) is 0 Å². The summed E-state index contributed by atoms with van der Waals surface area (Å²) in [6.07, 6.45) is 5.96. The van der Waals surface area contributed by atoms with Crippen LogP contribution in [-0.4, -0.2) is 22.5 Å². The summed E-state index contributed by atoms with van der Waals surface area (Å²) >= 11 is 1.91. The molecule has 0 aromatic carbocycles. The van der Waals surface area contributed by atoms with Crippen LogP contribution in [0.25, 0.3) is 0 Å². The van der Waals surface area contributed by atoms with Gasteiger partial charge in [-0.2, -0.15) is 17.0 Å². The van der Waals surface area contributed by atoms with Crippen LogP contribution in [0.3, 0.4) is 0 Å². The third-order valence-electron chi connectivity index (χ3n) is 3.32. The van der Waals surface area contributed by atoms with Gasteiger partial charge in [-0.05, 0) is 31.2 Å². The maximum Gasteiger partial charge on any atom is 0.165 e. The third-order valence-corrected chi connectivity index (χ3v) is 4.74. The smallest absolute Gasteiger partial charge is 0.165 e. The lowest BCUT2D eigenvalue weighted by Gasteiger charge is -2.40. The van der Waals surface area contributed by atoms with E-state index in [1.807, 2.05) is 23.9 Å². The van der Waals surface area contributed by atoms with E-state index in [0.29, 0.717) is 16.1 Å². The van der Waals surface area contributed by atoms with E-state index >= 15 is 0 Å². The normalized spacial score (nSPS) is 16.9. The third kappa shape index (κ3) is 2.47. The minimum atomic E-state index is 0.293. The van der Waals surface area contributed by atoms with Crippen molar-refractivity contribution in [1.29, 1.82) is 5.26 Å². The van der Waals surface area contributed by atoms with Gasteiger partial charge >= 0.3 is 0 Å². The van der Waals surface area contributed by atoms with Crippen LogP contribution in [0.4, 0.5) is 11.5 Å². The number of anilines is 2. The topological polar surface area (TPSA) is 74.7 Å². The maximum atomic E-state index is 8.85. The molecule has 2 rings (SSSR count). The van der Waals surface area contributed by atoms with E-state index in [2.05, 4.69) is 16.6 Å². The van der Waals surface area contributed by atoms with Gasteiger partial charge in [0.2, 0.25) is 0 Å². The molecule has 0 aliphatic heterocycles. The maximum absolute atomic E-state index is 8.85. The molecule has 5 heteroatoms. The highest BCUT2D eigenvalue weighted by Gasteiger charge is 2.35. The molecule has 1 aliphatic rings. The number of nitrogens with two attached hydrogens (primary N) is 1. The van der Waals surface area contributed by atoms with Gasteiger partial charge in [-0.3, -0.25) is 0 Å². The second-order valence-electron chi connectivity index (χ2n) is 4.34. The number of nitriles is 1. The standard InChI is InChI=1S/C12H16N4S/c1-17-12(5-2-6-12)8-15-11-4-3-9(14)10(7-13)16-11/h3-4H,2,5-6,8,14H2,1H3,(H,15,16). The van der Waals surface area contributed by atoms with Gasteiger partial charge in [0.15, 0.2) is 5.69 Å².